The largest absolute Gasteiger partial charge is 0.453 e. The average Bonchev–Trinajstić information content (AvgIpc) is 3.30. The van der Waals surface area contributed by atoms with Crippen molar-refractivity contribution in [2.75, 3.05) is 13.6 Å². The van der Waals surface area contributed by atoms with Crippen LogP contribution < -0.4 is 18.9 Å². The van der Waals surface area contributed by atoms with Gasteiger partial charge in [-0.05, 0) is 11.1 Å². The molecule has 4 heteroatoms. The predicted molar refractivity (Wildman–Crippen MR) is 89.6 cm³/mol. The fourth-order valence-electron chi connectivity index (χ4n) is 3.24. The molecule has 0 fully saturated rings. The summed E-state index contributed by atoms with van der Waals surface area (Å²) in [5.41, 5.74) is 3.80. The molecule has 0 aliphatic carbocycles. The van der Waals surface area contributed by atoms with Gasteiger partial charge in [0.05, 0.1) is 11.1 Å². The van der Waals surface area contributed by atoms with E-state index >= 15 is 0 Å². The fourth-order valence-corrected chi connectivity index (χ4v) is 3.24. The lowest BCUT2D eigenvalue weighted by Gasteiger charge is -2.14. The van der Waals surface area contributed by atoms with Gasteiger partial charge in [0.2, 0.25) is 13.6 Å². The molecule has 0 N–H and O–H groups in total. The topological polar surface area (TPSA) is 36.9 Å². The third-order valence-corrected chi connectivity index (χ3v) is 4.26. The first kappa shape index (κ1) is 13.3. The van der Waals surface area contributed by atoms with Crippen molar-refractivity contribution in [1.82, 2.24) is 0 Å². The van der Waals surface area contributed by atoms with Gasteiger partial charge in [0.25, 0.3) is 0 Å². The molecule has 3 aromatic rings. The van der Waals surface area contributed by atoms with Gasteiger partial charge >= 0.3 is 0 Å². The molecule has 0 radical (unpaired) electrons. The van der Waals surface area contributed by atoms with Gasteiger partial charge in [0.15, 0.2) is 23.0 Å². The molecule has 3 aromatic carbocycles. The van der Waals surface area contributed by atoms with E-state index < -0.39 is 0 Å². The van der Waals surface area contributed by atoms with E-state index in [0.717, 1.165) is 22.3 Å². The molecular weight excluding hydrogens is 304 g/mol. The minimum absolute atomic E-state index is 0.192. The molecule has 0 saturated heterocycles. The van der Waals surface area contributed by atoms with Crippen molar-refractivity contribution in [3.63, 3.8) is 0 Å². The maximum absolute atomic E-state index is 5.81. The summed E-state index contributed by atoms with van der Waals surface area (Å²) in [7, 11) is 0. The van der Waals surface area contributed by atoms with Crippen LogP contribution in [-0.4, -0.2) is 13.6 Å². The quantitative estimate of drug-likeness (QED) is 0.698. The molecule has 2 aliphatic heterocycles. The zero-order valence-electron chi connectivity index (χ0n) is 12.8. The van der Waals surface area contributed by atoms with Gasteiger partial charge < -0.3 is 18.9 Å². The molecule has 0 atom stereocenters. The number of rotatable bonds is 2. The number of hydrogen-bond donors (Lipinski definition) is 0. The standard InChI is InChI=1S/C20H14O4/c1-3-7-13(8-4-1)15-17-19(23-11-21-17)16(14-9-5-2-6-10-14)20-18(15)22-12-24-20/h1-10H,11-12H2. The molecule has 0 amide bonds. The molecule has 4 nitrogen and oxygen atoms in total. The minimum Gasteiger partial charge on any atom is -0.453 e. The van der Waals surface area contributed by atoms with Crippen molar-refractivity contribution in [3.8, 4) is 45.3 Å². The van der Waals surface area contributed by atoms with Gasteiger partial charge in [0.1, 0.15) is 0 Å². The van der Waals surface area contributed by atoms with Gasteiger partial charge in [-0.2, -0.15) is 0 Å². The molecule has 118 valence electrons. The Kier molecular flexibility index (Phi) is 2.88. The maximum Gasteiger partial charge on any atom is 0.231 e. The lowest BCUT2D eigenvalue weighted by molar-refractivity contribution is 0.167. The molecule has 0 bridgehead atoms. The summed E-state index contributed by atoms with van der Waals surface area (Å²) in [6.07, 6.45) is 0. The Bertz CT molecular complexity index is 794. The van der Waals surface area contributed by atoms with E-state index in [2.05, 4.69) is 0 Å². The van der Waals surface area contributed by atoms with E-state index in [-0.39, 0.29) is 13.6 Å². The highest BCUT2D eigenvalue weighted by molar-refractivity contribution is 5.93. The average molecular weight is 318 g/mol. The smallest absolute Gasteiger partial charge is 0.231 e. The summed E-state index contributed by atoms with van der Waals surface area (Å²) in [6, 6.07) is 20.0. The maximum atomic E-state index is 5.81. The van der Waals surface area contributed by atoms with Crippen LogP contribution in [0.15, 0.2) is 60.7 Å². The van der Waals surface area contributed by atoms with Crippen molar-refractivity contribution in [2.45, 2.75) is 0 Å². The van der Waals surface area contributed by atoms with Crippen molar-refractivity contribution in [3.05, 3.63) is 60.7 Å². The number of benzene rings is 3. The van der Waals surface area contributed by atoms with Crippen LogP contribution in [0.4, 0.5) is 0 Å². The van der Waals surface area contributed by atoms with E-state index in [1.807, 2.05) is 60.7 Å². The zero-order valence-corrected chi connectivity index (χ0v) is 12.8. The van der Waals surface area contributed by atoms with Gasteiger partial charge in [-0.25, -0.2) is 0 Å². The van der Waals surface area contributed by atoms with Crippen LogP contribution in [0.3, 0.4) is 0 Å². The van der Waals surface area contributed by atoms with E-state index in [1.165, 1.54) is 0 Å². The monoisotopic (exact) mass is 318 g/mol. The van der Waals surface area contributed by atoms with Crippen molar-refractivity contribution in [1.29, 1.82) is 0 Å². The number of fused-ring (bicyclic) bond motifs is 2. The third kappa shape index (κ3) is 1.86. The number of ether oxygens (including phenoxy) is 4. The second-order valence-electron chi connectivity index (χ2n) is 5.61. The Morgan fingerprint density at radius 3 is 1.12 bits per heavy atom. The molecule has 5 rings (SSSR count). The molecule has 0 unspecified atom stereocenters. The first-order valence-corrected chi connectivity index (χ1v) is 7.79. The van der Waals surface area contributed by atoms with Gasteiger partial charge in [-0.1, -0.05) is 60.7 Å². The van der Waals surface area contributed by atoms with Gasteiger partial charge in [-0.15, -0.1) is 0 Å². The summed E-state index contributed by atoms with van der Waals surface area (Å²) in [6.45, 7) is 0.385. The first-order valence-electron chi connectivity index (χ1n) is 7.79. The number of hydrogen-bond acceptors (Lipinski definition) is 4. The van der Waals surface area contributed by atoms with E-state index in [9.17, 15) is 0 Å². The minimum atomic E-state index is 0.192. The van der Waals surface area contributed by atoms with Gasteiger partial charge in [0, 0.05) is 0 Å². The zero-order chi connectivity index (χ0) is 15.9. The Morgan fingerprint density at radius 2 is 0.792 bits per heavy atom. The highest BCUT2D eigenvalue weighted by Gasteiger charge is 2.35. The van der Waals surface area contributed by atoms with Crippen LogP contribution >= 0.6 is 0 Å². The second-order valence-corrected chi connectivity index (χ2v) is 5.61. The summed E-state index contributed by atoms with van der Waals surface area (Å²) in [4.78, 5) is 0. The van der Waals surface area contributed by atoms with Crippen LogP contribution in [0.2, 0.25) is 0 Å². The molecule has 24 heavy (non-hydrogen) atoms. The van der Waals surface area contributed by atoms with Crippen LogP contribution in [0.5, 0.6) is 23.0 Å². The highest BCUT2D eigenvalue weighted by Crippen LogP contribution is 2.59. The van der Waals surface area contributed by atoms with Crippen molar-refractivity contribution >= 4 is 0 Å². The third-order valence-electron chi connectivity index (χ3n) is 4.26. The van der Waals surface area contributed by atoms with Crippen molar-refractivity contribution in [2.24, 2.45) is 0 Å². The first-order chi connectivity index (χ1) is 11.9. The van der Waals surface area contributed by atoms with Gasteiger partial charge in [-0.3, -0.25) is 0 Å². The van der Waals surface area contributed by atoms with E-state index in [0.29, 0.717) is 23.0 Å². The lowest BCUT2D eigenvalue weighted by atomic mass is 9.95. The summed E-state index contributed by atoms with van der Waals surface area (Å²) in [5, 5.41) is 0. The Hall–Kier alpha value is -3.14. The molecule has 0 saturated carbocycles. The van der Waals surface area contributed by atoms with Crippen LogP contribution in [-0.2, 0) is 0 Å². The predicted octanol–water partition coefficient (Wildman–Crippen LogP) is 4.48. The Labute approximate surface area is 139 Å². The Morgan fingerprint density at radius 1 is 0.458 bits per heavy atom. The normalized spacial score (nSPS) is 14.0. The molecular formula is C20H14O4. The van der Waals surface area contributed by atoms with Crippen LogP contribution in [0, 0.1) is 0 Å². The molecule has 0 spiro atoms. The van der Waals surface area contributed by atoms with Crippen LogP contribution in [0.25, 0.3) is 22.3 Å². The van der Waals surface area contributed by atoms with E-state index in [1.54, 1.807) is 0 Å². The van der Waals surface area contributed by atoms with E-state index in [4.69, 9.17) is 18.9 Å². The highest BCUT2D eigenvalue weighted by atomic mass is 16.7. The summed E-state index contributed by atoms with van der Waals surface area (Å²) < 4.78 is 23.3. The fraction of sp³-hybridized carbons (Fsp3) is 0.100. The lowest BCUT2D eigenvalue weighted by Crippen LogP contribution is -1.96. The van der Waals surface area contributed by atoms with Crippen LogP contribution in [0.1, 0.15) is 0 Å². The molecule has 2 aliphatic rings. The Balaban J connectivity index is 1.85. The molecule has 0 aromatic heterocycles. The van der Waals surface area contributed by atoms with Crippen molar-refractivity contribution < 1.29 is 18.9 Å². The molecule has 2 heterocycles. The summed E-state index contributed by atoms with van der Waals surface area (Å²) in [5.74, 6) is 2.85. The SMILES string of the molecule is c1ccc(-c2c3c(c(-c4ccccc4)c4c2OCO4)OCO3)cc1. The second kappa shape index (κ2) is 5.20. The summed E-state index contributed by atoms with van der Waals surface area (Å²) >= 11 is 0.